The molecule has 1 aromatic carbocycles. The summed E-state index contributed by atoms with van der Waals surface area (Å²) < 4.78 is 22.0. The van der Waals surface area contributed by atoms with Crippen LogP contribution in [0.5, 0.6) is 0 Å². The third-order valence-electron chi connectivity index (χ3n) is 2.53. The van der Waals surface area contributed by atoms with Crippen LogP contribution < -0.4 is 4.90 Å². The fourth-order valence-corrected chi connectivity index (χ4v) is 2.45. The first-order chi connectivity index (χ1) is 6.79. The highest BCUT2D eigenvalue weighted by atomic mass is 32.2. The zero-order valence-corrected chi connectivity index (χ0v) is 8.74. The maximum Gasteiger partial charge on any atom is 0.170 e. The molecule has 0 N–H and O–H groups in total. The van der Waals surface area contributed by atoms with Gasteiger partial charge in [0.15, 0.2) is 10.7 Å². The molecule has 14 heavy (non-hydrogen) atoms. The zero-order valence-electron chi connectivity index (χ0n) is 7.85. The predicted molar refractivity (Wildman–Crippen MR) is 56.5 cm³/mol. The number of nitrogens with zero attached hydrogens (tertiary/aromatic N) is 1. The fraction of sp³-hybridized carbons (Fsp3) is 0.400. The predicted octanol–water partition coefficient (Wildman–Crippen LogP) is 1.26. The van der Waals surface area contributed by atoms with Crippen molar-refractivity contribution in [2.45, 2.75) is 17.7 Å². The monoisotopic (exact) mass is 211 g/mol. The number of para-hydroxylation sites is 1. The van der Waals surface area contributed by atoms with E-state index in [4.69, 9.17) is 0 Å². The van der Waals surface area contributed by atoms with Gasteiger partial charge in [0.05, 0.1) is 10.6 Å². The molecule has 1 fully saturated rings. The van der Waals surface area contributed by atoms with Gasteiger partial charge in [-0.1, -0.05) is 12.1 Å². The molecule has 0 spiro atoms. The van der Waals surface area contributed by atoms with E-state index in [9.17, 15) is 8.42 Å². The molecule has 76 valence electrons. The molecule has 1 aliphatic rings. The third kappa shape index (κ3) is 1.75. The molecule has 2 rings (SSSR count). The molecule has 3 nitrogen and oxygen atoms in total. The Morgan fingerprint density at radius 2 is 1.71 bits per heavy atom. The molecular formula is C10H13NO2S. The molecule has 1 aromatic rings. The van der Waals surface area contributed by atoms with E-state index in [2.05, 4.69) is 4.90 Å². The van der Waals surface area contributed by atoms with Gasteiger partial charge in [0.1, 0.15) is 0 Å². The molecule has 0 unspecified atom stereocenters. The lowest BCUT2D eigenvalue weighted by atomic mass is 10.3. The lowest BCUT2D eigenvalue weighted by Crippen LogP contribution is -2.18. The van der Waals surface area contributed by atoms with E-state index in [1.807, 2.05) is 12.1 Å². The van der Waals surface area contributed by atoms with E-state index in [0.29, 0.717) is 4.90 Å². The van der Waals surface area contributed by atoms with E-state index in [-0.39, 0.29) is 0 Å². The zero-order chi connectivity index (χ0) is 9.97. The highest BCUT2D eigenvalue weighted by molar-refractivity contribution is 7.72. The Labute approximate surface area is 85.3 Å². The van der Waals surface area contributed by atoms with Crippen LogP contribution in [0.25, 0.3) is 0 Å². The summed E-state index contributed by atoms with van der Waals surface area (Å²) in [5.41, 5.74) is 0.862. The van der Waals surface area contributed by atoms with Crippen LogP contribution in [0.2, 0.25) is 0 Å². The molecule has 1 aliphatic heterocycles. The highest BCUT2D eigenvalue weighted by Gasteiger charge is 2.15. The number of anilines is 1. The van der Waals surface area contributed by atoms with Gasteiger partial charge >= 0.3 is 0 Å². The Balaban J connectivity index is 2.40. The van der Waals surface area contributed by atoms with Gasteiger partial charge in [-0.25, -0.2) is 8.42 Å². The van der Waals surface area contributed by atoms with Gasteiger partial charge in [0.2, 0.25) is 0 Å². The summed E-state index contributed by atoms with van der Waals surface area (Å²) in [5.74, 6) is 0. The fourth-order valence-electron chi connectivity index (χ4n) is 1.84. The maximum atomic E-state index is 11.0. The largest absolute Gasteiger partial charge is 0.370 e. The Morgan fingerprint density at radius 3 is 2.36 bits per heavy atom. The summed E-state index contributed by atoms with van der Waals surface area (Å²) in [5, 5.41) is 0. The molecule has 0 bridgehead atoms. The van der Waals surface area contributed by atoms with Crippen LogP contribution in [-0.4, -0.2) is 21.5 Å². The standard InChI is InChI=1S/C10H13NO2S/c12-14(13)10-6-2-1-5-9(10)11-7-3-4-8-11/h1-2,5-6,14H,3-4,7-8H2. The van der Waals surface area contributed by atoms with Gasteiger partial charge in [-0.05, 0) is 25.0 Å². The Hall–Kier alpha value is -1.03. The normalized spacial score (nSPS) is 16.5. The molecule has 1 saturated heterocycles. The number of hydrogen-bond acceptors (Lipinski definition) is 3. The van der Waals surface area contributed by atoms with Crippen molar-refractivity contribution < 1.29 is 8.42 Å². The van der Waals surface area contributed by atoms with Gasteiger partial charge in [-0.3, -0.25) is 0 Å². The minimum Gasteiger partial charge on any atom is -0.370 e. The summed E-state index contributed by atoms with van der Waals surface area (Å²) in [4.78, 5) is 2.59. The van der Waals surface area contributed by atoms with Crippen LogP contribution in [-0.2, 0) is 10.7 Å². The van der Waals surface area contributed by atoms with Crippen molar-refractivity contribution in [1.29, 1.82) is 0 Å². The van der Waals surface area contributed by atoms with Gasteiger partial charge in [0.25, 0.3) is 0 Å². The lowest BCUT2D eigenvalue weighted by molar-refractivity contribution is 0.614. The molecule has 0 atom stereocenters. The second-order valence-corrected chi connectivity index (χ2v) is 4.44. The third-order valence-corrected chi connectivity index (χ3v) is 3.30. The van der Waals surface area contributed by atoms with Crippen LogP contribution in [0.1, 0.15) is 12.8 Å². The summed E-state index contributed by atoms with van der Waals surface area (Å²) in [6.07, 6.45) is 2.31. The average Bonchev–Trinajstić information content (AvgIpc) is 2.70. The van der Waals surface area contributed by atoms with E-state index < -0.39 is 10.7 Å². The second kappa shape index (κ2) is 4.00. The number of rotatable bonds is 2. The van der Waals surface area contributed by atoms with Crippen molar-refractivity contribution in [1.82, 2.24) is 0 Å². The van der Waals surface area contributed by atoms with Crippen molar-refractivity contribution >= 4 is 16.4 Å². The smallest absolute Gasteiger partial charge is 0.170 e. The molecule has 4 heteroatoms. The van der Waals surface area contributed by atoms with Crippen molar-refractivity contribution in [3.8, 4) is 0 Å². The van der Waals surface area contributed by atoms with Crippen molar-refractivity contribution in [3.63, 3.8) is 0 Å². The summed E-state index contributed by atoms with van der Waals surface area (Å²) in [6.45, 7) is 1.94. The minimum absolute atomic E-state index is 0.449. The van der Waals surface area contributed by atoms with Crippen molar-refractivity contribution in [2.24, 2.45) is 0 Å². The molecule has 0 aliphatic carbocycles. The van der Waals surface area contributed by atoms with Crippen molar-refractivity contribution in [3.05, 3.63) is 24.3 Å². The second-order valence-electron chi connectivity index (χ2n) is 3.44. The molecule has 0 saturated carbocycles. The van der Waals surface area contributed by atoms with Crippen LogP contribution >= 0.6 is 0 Å². The first kappa shape index (κ1) is 9.52. The van der Waals surface area contributed by atoms with E-state index in [1.54, 1.807) is 12.1 Å². The Kier molecular flexibility index (Phi) is 2.72. The SMILES string of the molecule is O=[SH](=O)c1ccccc1N1CCCC1. The van der Waals surface area contributed by atoms with Crippen LogP contribution in [0, 0.1) is 0 Å². The number of hydrogen-bond donors (Lipinski definition) is 1. The first-order valence-electron chi connectivity index (χ1n) is 4.77. The molecule has 0 radical (unpaired) electrons. The van der Waals surface area contributed by atoms with Crippen LogP contribution in [0.15, 0.2) is 29.2 Å². The van der Waals surface area contributed by atoms with E-state index in [1.165, 1.54) is 0 Å². The molecule has 1 heterocycles. The molecule has 0 amide bonds. The van der Waals surface area contributed by atoms with E-state index >= 15 is 0 Å². The summed E-state index contributed by atoms with van der Waals surface area (Å²) >= 11 is 0. The van der Waals surface area contributed by atoms with Crippen LogP contribution in [0.3, 0.4) is 0 Å². The van der Waals surface area contributed by atoms with Gasteiger partial charge in [0, 0.05) is 13.1 Å². The Bertz CT molecular complexity index is 387. The molecular weight excluding hydrogens is 198 g/mol. The van der Waals surface area contributed by atoms with Gasteiger partial charge in [-0.2, -0.15) is 0 Å². The highest BCUT2D eigenvalue weighted by Crippen LogP contribution is 2.25. The average molecular weight is 211 g/mol. The lowest BCUT2D eigenvalue weighted by Gasteiger charge is -2.18. The van der Waals surface area contributed by atoms with E-state index in [0.717, 1.165) is 31.6 Å². The molecule has 0 aromatic heterocycles. The first-order valence-corrected chi connectivity index (χ1v) is 5.95. The minimum atomic E-state index is -2.47. The topological polar surface area (TPSA) is 37.4 Å². The van der Waals surface area contributed by atoms with Gasteiger partial charge in [-0.15, -0.1) is 0 Å². The quantitative estimate of drug-likeness (QED) is 0.748. The summed E-state index contributed by atoms with van der Waals surface area (Å²) in [7, 11) is -2.47. The number of thiol groups is 1. The van der Waals surface area contributed by atoms with Crippen molar-refractivity contribution in [2.75, 3.05) is 18.0 Å². The van der Waals surface area contributed by atoms with Gasteiger partial charge < -0.3 is 4.90 Å². The summed E-state index contributed by atoms with van der Waals surface area (Å²) in [6, 6.07) is 7.20. The Morgan fingerprint density at radius 1 is 1.07 bits per heavy atom. The number of benzene rings is 1. The maximum absolute atomic E-state index is 11.0. The van der Waals surface area contributed by atoms with Crippen LogP contribution in [0.4, 0.5) is 5.69 Å².